The fourth-order valence-electron chi connectivity index (χ4n) is 2.51. The minimum atomic E-state index is 0.430. The van der Waals surface area contributed by atoms with Gasteiger partial charge < -0.3 is 5.32 Å². The van der Waals surface area contributed by atoms with Crippen LogP contribution in [0.1, 0.15) is 44.7 Å². The lowest BCUT2D eigenvalue weighted by molar-refractivity contribution is 0.462. The molecule has 1 nitrogen and oxygen atoms in total. The summed E-state index contributed by atoms with van der Waals surface area (Å²) < 4.78 is 0.430. The topological polar surface area (TPSA) is 12.0 Å². The van der Waals surface area contributed by atoms with Crippen molar-refractivity contribution in [2.24, 2.45) is 0 Å². The van der Waals surface area contributed by atoms with E-state index in [0.29, 0.717) is 10.8 Å². The van der Waals surface area contributed by atoms with Gasteiger partial charge in [-0.05, 0) is 49.6 Å². The number of rotatable bonds is 5. The van der Waals surface area contributed by atoms with E-state index < -0.39 is 0 Å². The largest absolute Gasteiger partial charge is 0.309 e. The summed E-state index contributed by atoms with van der Waals surface area (Å²) in [6, 6.07) is 8.67. The van der Waals surface area contributed by atoms with Gasteiger partial charge >= 0.3 is 0 Å². The lowest BCUT2D eigenvalue weighted by atomic mass is 10.0. The SMILES string of the molecule is CCC(NCC1(C)CCCS1)c1ccc(Cl)cc1. The molecule has 1 aliphatic heterocycles. The van der Waals surface area contributed by atoms with Crippen LogP contribution in [-0.4, -0.2) is 17.0 Å². The highest BCUT2D eigenvalue weighted by molar-refractivity contribution is 8.00. The fourth-order valence-corrected chi connectivity index (χ4v) is 3.89. The van der Waals surface area contributed by atoms with Gasteiger partial charge in [0.1, 0.15) is 0 Å². The van der Waals surface area contributed by atoms with E-state index >= 15 is 0 Å². The van der Waals surface area contributed by atoms with Gasteiger partial charge in [0.2, 0.25) is 0 Å². The maximum absolute atomic E-state index is 5.94. The predicted molar refractivity (Wildman–Crippen MR) is 82.6 cm³/mol. The van der Waals surface area contributed by atoms with E-state index in [1.165, 1.54) is 24.2 Å². The second-order valence-corrected chi connectivity index (χ2v) is 7.41. The molecule has 1 saturated heterocycles. The van der Waals surface area contributed by atoms with Gasteiger partial charge in [-0.2, -0.15) is 11.8 Å². The molecule has 2 rings (SSSR count). The van der Waals surface area contributed by atoms with Crippen molar-refractivity contribution >= 4 is 23.4 Å². The van der Waals surface area contributed by atoms with E-state index in [4.69, 9.17) is 11.6 Å². The van der Waals surface area contributed by atoms with E-state index in [9.17, 15) is 0 Å². The van der Waals surface area contributed by atoms with Crippen LogP contribution in [0.4, 0.5) is 0 Å². The first-order valence-corrected chi connectivity index (χ1v) is 8.12. The Hall–Kier alpha value is -0.180. The third-order valence-corrected chi connectivity index (χ3v) is 5.49. The third kappa shape index (κ3) is 3.66. The number of nitrogens with one attached hydrogen (secondary N) is 1. The normalized spacial score (nSPS) is 25.3. The molecule has 0 aliphatic carbocycles. The lowest BCUT2D eigenvalue weighted by Crippen LogP contribution is -2.35. The zero-order chi connectivity index (χ0) is 13.0. The van der Waals surface area contributed by atoms with Crippen molar-refractivity contribution in [1.82, 2.24) is 5.32 Å². The van der Waals surface area contributed by atoms with E-state index in [0.717, 1.165) is 18.0 Å². The summed E-state index contributed by atoms with van der Waals surface area (Å²) >= 11 is 8.05. The van der Waals surface area contributed by atoms with Gasteiger partial charge in [-0.1, -0.05) is 30.7 Å². The summed E-state index contributed by atoms with van der Waals surface area (Å²) in [5.74, 6) is 1.32. The Kier molecular flexibility index (Phi) is 4.99. The van der Waals surface area contributed by atoms with E-state index in [1.807, 2.05) is 12.1 Å². The molecule has 0 radical (unpaired) electrons. The molecule has 1 aliphatic rings. The molecule has 2 atom stereocenters. The van der Waals surface area contributed by atoms with Crippen molar-refractivity contribution in [1.29, 1.82) is 0 Å². The number of thioether (sulfide) groups is 1. The van der Waals surface area contributed by atoms with Crippen LogP contribution >= 0.6 is 23.4 Å². The molecule has 3 heteroatoms. The summed E-state index contributed by atoms with van der Waals surface area (Å²) in [6.45, 7) is 5.71. The molecule has 2 unspecified atom stereocenters. The number of hydrogen-bond donors (Lipinski definition) is 1. The zero-order valence-corrected chi connectivity index (χ0v) is 12.8. The van der Waals surface area contributed by atoms with Crippen molar-refractivity contribution in [3.63, 3.8) is 0 Å². The van der Waals surface area contributed by atoms with Crippen LogP contribution in [0.3, 0.4) is 0 Å². The Morgan fingerprint density at radius 3 is 2.67 bits per heavy atom. The van der Waals surface area contributed by atoms with Crippen molar-refractivity contribution in [3.8, 4) is 0 Å². The molecular formula is C15H22ClNS. The summed E-state index contributed by atoms with van der Waals surface area (Å²) in [7, 11) is 0. The number of benzene rings is 1. The molecule has 0 spiro atoms. The summed E-state index contributed by atoms with van der Waals surface area (Å²) in [6.07, 6.45) is 3.81. The lowest BCUT2D eigenvalue weighted by Gasteiger charge is -2.27. The van der Waals surface area contributed by atoms with E-state index in [1.54, 1.807) is 0 Å². The van der Waals surface area contributed by atoms with Crippen molar-refractivity contribution in [3.05, 3.63) is 34.9 Å². The van der Waals surface area contributed by atoms with Gasteiger partial charge in [-0.3, -0.25) is 0 Å². The first-order chi connectivity index (χ1) is 8.63. The molecule has 1 heterocycles. The molecule has 0 amide bonds. The number of halogens is 1. The van der Waals surface area contributed by atoms with Gasteiger partial charge in [-0.15, -0.1) is 0 Å². The highest BCUT2D eigenvalue weighted by atomic mass is 35.5. The standard InChI is InChI=1S/C15H22ClNS/c1-3-14(12-5-7-13(16)8-6-12)17-11-15(2)9-4-10-18-15/h5-8,14,17H,3-4,9-11H2,1-2H3. The van der Waals surface area contributed by atoms with Crippen LogP contribution in [0.5, 0.6) is 0 Å². The second kappa shape index (κ2) is 6.31. The van der Waals surface area contributed by atoms with Crippen LogP contribution in [0.25, 0.3) is 0 Å². The second-order valence-electron chi connectivity index (χ2n) is 5.30. The van der Waals surface area contributed by atoms with Crippen LogP contribution in [0, 0.1) is 0 Å². The molecular weight excluding hydrogens is 262 g/mol. The molecule has 1 fully saturated rings. The molecule has 1 aromatic carbocycles. The highest BCUT2D eigenvalue weighted by Gasteiger charge is 2.29. The average Bonchev–Trinajstić information content (AvgIpc) is 2.79. The summed E-state index contributed by atoms with van der Waals surface area (Å²) in [5, 5.41) is 4.54. The van der Waals surface area contributed by atoms with Crippen molar-refractivity contribution in [2.75, 3.05) is 12.3 Å². The molecule has 18 heavy (non-hydrogen) atoms. The summed E-state index contributed by atoms with van der Waals surface area (Å²) in [4.78, 5) is 0. The van der Waals surface area contributed by atoms with Crippen LogP contribution in [0.15, 0.2) is 24.3 Å². The van der Waals surface area contributed by atoms with Gasteiger partial charge in [-0.25, -0.2) is 0 Å². The van der Waals surface area contributed by atoms with Crippen molar-refractivity contribution < 1.29 is 0 Å². The van der Waals surface area contributed by atoms with E-state index in [2.05, 4.69) is 43.1 Å². The van der Waals surface area contributed by atoms with E-state index in [-0.39, 0.29) is 0 Å². The monoisotopic (exact) mass is 283 g/mol. The molecule has 0 saturated carbocycles. The van der Waals surface area contributed by atoms with Crippen LogP contribution in [-0.2, 0) is 0 Å². The highest BCUT2D eigenvalue weighted by Crippen LogP contribution is 2.37. The molecule has 0 aromatic heterocycles. The van der Waals surface area contributed by atoms with Gasteiger partial charge in [0, 0.05) is 22.4 Å². The molecule has 1 aromatic rings. The van der Waals surface area contributed by atoms with Gasteiger partial charge in [0.25, 0.3) is 0 Å². The number of hydrogen-bond acceptors (Lipinski definition) is 2. The summed E-state index contributed by atoms with van der Waals surface area (Å²) in [5.41, 5.74) is 1.34. The zero-order valence-electron chi connectivity index (χ0n) is 11.2. The first kappa shape index (κ1) is 14.2. The first-order valence-electron chi connectivity index (χ1n) is 6.76. The quantitative estimate of drug-likeness (QED) is 0.843. The minimum Gasteiger partial charge on any atom is -0.309 e. The smallest absolute Gasteiger partial charge is 0.0406 e. The Balaban J connectivity index is 1.95. The Morgan fingerprint density at radius 2 is 2.11 bits per heavy atom. The Morgan fingerprint density at radius 1 is 1.39 bits per heavy atom. The third-order valence-electron chi connectivity index (χ3n) is 3.70. The minimum absolute atomic E-state index is 0.430. The predicted octanol–water partition coefficient (Wildman–Crippen LogP) is 4.67. The van der Waals surface area contributed by atoms with Gasteiger partial charge in [0.05, 0.1) is 0 Å². The van der Waals surface area contributed by atoms with Crippen LogP contribution in [0.2, 0.25) is 5.02 Å². The molecule has 1 N–H and O–H groups in total. The Labute approximate surface area is 120 Å². The van der Waals surface area contributed by atoms with Crippen molar-refractivity contribution in [2.45, 2.75) is 43.9 Å². The molecule has 0 bridgehead atoms. The fraction of sp³-hybridized carbons (Fsp3) is 0.600. The maximum Gasteiger partial charge on any atom is 0.0406 e. The van der Waals surface area contributed by atoms with Gasteiger partial charge in [0.15, 0.2) is 0 Å². The molecule has 100 valence electrons. The van der Waals surface area contributed by atoms with Crippen LogP contribution < -0.4 is 5.32 Å². The Bertz CT molecular complexity index is 371. The average molecular weight is 284 g/mol. The maximum atomic E-state index is 5.94.